The third-order valence-electron chi connectivity index (χ3n) is 3.94. The predicted octanol–water partition coefficient (Wildman–Crippen LogP) is 2.48. The van der Waals surface area contributed by atoms with Crippen LogP contribution in [0.3, 0.4) is 0 Å². The number of aromatic carboxylic acids is 1. The zero-order valence-electron chi connectivity index (χ0n) is 11.7. The van der Waals surface area contributed by atoms with Crippen LogP contribution in [-0.2, 0) is 0 Å². The number of carbonyl (C=O) groups is 2. The minimum atomic E-state index is -1.13. The number of amides is 1. The summed E-state index contributed by atoms with van der Waals surface area (Å²) >= 11 is 0. The molecule has 1 amide bonds. The van der Waals surface area contributed by atoms with Crippen LogP contribution in [0.4, 0.5) is 0 Å². The second-order valence-electron chi connectivity index (χ2n) is 5.77. The van der Waals surface area contributed by atoms with Crippen molar-refractivity contribution in [2.24, 2.45) is 5.41 Å². The fraction of sp³-hybridized carbons (Fsp3) is 0.533. The first-order valence-electron chi connectivity index (χ1n) is 6.99. The highest BCUT2D eigenvalue weighted by atomic mass is 16.4. The number of rotatable bonds is 4. The lowest BCUT2D eigenvalue weighted by molar-refractivity contribution is 0.0690. The summed E-state index contributed by atoms with van der Waals surface area (Å²) in [6.45, 7) is 2.80. The van der Waals surface area contributed by atoms with Crippen LogP contribution in [0, 0.1) is 5.41 Å². The molecule has 5 heteroatoms. The molecule has 5 nitrogen and oxygen atoms in total. The van der Waals surface area contributed by atoms with Gasteiger partial charge in [-0.25, -0.2) is 9.78 Å². The van der Waals surface area contributed by atoms with Crippen molar-refractivity contribution in [3.8, 4) is 0 Å². The maximum absolute atomic E-state index is 12.0. The Balaban J connectivity index is 1.98. The molecule has 0 spiro atoms. The molecule has 1 fully saturated rings. The molecule has 1 saturated carbocycles. The quantitative estimate of drug-likeness (QED) is 0.885. The van der Waals surface area contributed by atoms with E-state index < -0.39 is 5.97 Å². The van der Waals surface area contributed by atoms with E-state index in [4.69, 9.17) is 5.11 Å². The minimum Gasteiger partial charge on any atom is -0.477 e. The number of hydrogen-bond donors (Lipinski definition) is 2. The van der Waals surface area contributed by atoms with E-state index >= 15 is 0 Å². The van der Waals surface area contributed by atoms with Crippen molar-refractivity contribution in [1.29, 1.82) is 0 Å². The highest BCUT2D eigenvalue weighted by Crippen LogP contribution is 2.34. The summed E-state index contributed by atoms with van der Waals surface area (Å²) in [6, 6.07) is 4.44. The minimum absolute atomic E-state index is 0.110. The molecule has 0 saturated heterocycles. The Morgan fingerprint density at radius 2 is 1.90 bits per heavy atom. The van der Waals surface area contributed by atoms with Crippen LogP contribution in [0.15, 0.2) is 18.2 Å². The zero-order valence-corrected chi connectivity index (χ0v) is 11.7. The molecule has 1 aliphatic carbocycles. The first-order valence-corrected chi connectivity index (χ1v) is 6.99. The fourth-order valence-corrected chi connectivity index (χ4v) is 2.65. The van der Waals surface area contributed by atoms with Gasteiger partial charge in [-0.05, 0) is 30.4 Å². The second kappa shape index (κ2) is 6.03. The van der Waals surface area contributed by atoms with Gasteiger partial charge in [0.15, 0.2) is 0 Å². The molecule has 1 heterocycles. The van der Waals surface area contributed by atoms with Gasteiger partial charge in [-0.3, -0.25) is 4.79 Å². The number of nitrogens with one attached hydrogen (secondary N) is 1. The summed E-state index contributed by atoms with van der Waals surface area (Å²) in [5.41, 5.74) is 0.198. The molecule has 108 valence electrons. The number of hydrogen-bond acceptors (Lipinski definition) is 3. The van der Waals surface area contributed by atoms with Gasteiger partial charge >= 0.3 is 5.97 Å². The van der Waals surface area contributed by atoms with Crippen LogP contribution in [0.5, 0.6) is 0 Å². The summed E-state index contributed by atoms with van der Waals surface area (Å²) in [6.07, 6.45) is 5.93. The van der Waals surface area contributed by atoms with Crippen molar-refractivity contribution >= 4 is 11.9 Å². The average Bonchev–Trinajstić information content (AvgIpc) is 2.46. The van der Waals surface area contributed by atoms with Gasteiger partial charge in [0.2, 0.25) is 0 Å². The lowest BCUT2D eigenvalue weighted by Crippen LogP contribution is -2.37. The third-order valence-corrected chi connectivity index (χ3v) is 3.94. The maximum Gasteiger partial charge on any atom is 0.354 e. The smallest absolute Gasteiger partial charge is 0.354 e. The number of carboxylic acid groups (broad SMARTS) is 1. The fourth-order valence-electron chi connectivity index (χ4n) is 2.65. The molecule has 2 rings (SSSR count). The predicted molar refractivity (Wildman–Crippen MR) is 74.7 cm³/mol. The summed E-state index contributed by atoms with van der Waals surface area (Å²) < 4.78 is 0. The molecule has 1 aromatic rings. The topological polar surface area (TPSA) is 79.3 Å². The first-order chi connectivity index (χ1) is 9.50. The van der Waals surface area contributed by atoms with E-state index in [9.17, 15) is 9.59 Å². The highest BCUT2D eigenvalue weighted by molar-refractivity contribution is 5.94. The largest absolute Gasteiger partial charge is 0.477 e. The van der Waals surface area contributed by atoms with Crippen molar-refractivity contribution in [3.05, 3.63) is 29.6 Å². The Morgan fingerprint density at radius 1 is 1.25 bits per heavy atom. The van der Waals surface area contributed by atoms with Gasteiger partial charge < -0.3 is 10.4 Å². The van der Waals surface area contributed by atoms with Crippen molar-refractivity contribution in [1.82, 2.24) is 10.3 Å². The van der Waals surface area contributed by atoms with Crippen molar-refractivity contribution in [2.75, 3.05) is 6.54 Å². The Bertz CT molecular complexity index is 508. The summed E-state index contributed by atoms with van der Waals surface area (Å²) in [5.74, 6) is -1.43. The van der Waals surface area contributed by atoms with Crippen molar-refractivity contribution < 1.29 is 14.7 Å². The summed E-state index contributed by atoms with van der Waals surface area (Å²) in [4.78, 5) is 26.7. The molecule has 0 atom stereocenters. The van der Waals surface area contributed by atoms with E-state index in [0.29, 0.717) is 6.54 Å². The zero-order chi connectivity index (χ0) is 14.6. The van der Waals surface area contributed by atoms with E-state index in [0.717, 1.165) is 12.8 Å². The van der Waals surface area contributed by atoms with E-state index in [1.54, 1.807) is 0 Å². The molecule has 0 radical (unpaired) electrons. The number of carboxylic acids is 1. The summed E-state index contributed by atoms with van der Waals surface area (Å²) in [7, 11) is 0. The van der Waals surface area contributed by atoms with E-state index in [1.807, 2.05) is 0 Å². The molecule has 2 N–H and O–H groups in total. The standard InChI is InChI=1S/C15H20N2O3/c1-15(8-3-2-4-9-15)10-16-13(18)11-6-5-7-12(17-11)14(19)20/h5-7H,2-4,8-10H2,1H3,(H,16,18)(H,19,20). The molecule has 0 bridgehead atoms. The molecule has 0 aromatic carbocycles. The lowest BCUT2D eigenvalue weighted by Gasteiger charge is -2.33. The van der Waals surface area contributed by atoms with Crippen molar-refractivity contribution in [2.45, 2.75) is 39.0 Å². The van der Waals surface area contributed by atoms with Crippen LogP contribution in [-0.4, -0.2) is 28.5 Å². The Hall–Kier alpha value is -1.91. The number of nitrogens with zero attached hydrogens (tertiary/aromatic N) is 1. The number of pyridine rings is 1. The third kappa shape index (κ3) is 3.56. The van der Waals surface area contributed by atoms with Crippen LogP contribution in [0.1, 0.15) is 60.0 Å². The van der Waals surface area contributed by atoms with Gasteiger partial charge in [0.05, 0.1) is 0 Å². The van der Waals surface area contributed by atoms with Crippen molar-refractivity contribution in [3.63, 3.8) is 0 Å². The van der Waals surface area contributed by atoms with Gasteiger partial charge in [-0.15, -0.1) is 0 Å². The normalized spacial score (nSPS) is 17.4. The first kappa shape index (κ1) is 14.5. The highest BCUT2D eigenvalue weighted by Gasteiger charge is 2.27. The Morgan fingerprint density at radius 3 is 2.55 bits per heavy atom. The van der Waals surface area contributed by atoms with Gasteiger partial charge in [-0.1, -0.05) is 32.3 Å². The van der Waals surface area contributed by atoms with Crippen LogP contribution >= 0.6 is 0 Å². The molecule has 20 heavy (non-hydrogen) atoms. The molecular formula is C15H20N2O3. The lowest BCUT2D eigenvalue weighted by atomic mass is 9.76. The Labute approximate surface area is 118 Å². The summed E-state index contributed by atoms with van der Waals surface area (Å²) in [5, 5.41) is 11.8. The van der Waals surface area contributed by atoms with E-state index in [2.05, 4.69) is 17.2 Å². The maximum atomic E-state index is 12.0. The monoisotopic (exact) mass is 276 g/mol. The van der Waals surface area contributed by atoms with Gasteiger partial charge in [0.25, 0.3) is 5.91 Å². The van der Waals surface area contributed by atoms with E-state index in [-0.39, 0.29) is 22.7 Å². The number of aromatic nitrogens is 1. The molecule has 1 aromatic heterocycles. The second-order valence-corrected chi connectivity index (χ2v) is 5.77. The molecule has 1 aliphatic rings. The number of carbonyl (C=O) groups excluding carboxylic acids is 1. The van der Waals surface area contributed by atoms with Gasteiger partial charge in [-0.2, -0.15) is 0 Å². The SMILES string of the molecule is CC1(CNC(=O)c2cccc(C(=O)O)n2)CCCCC1. The molecule has 0 unspecified atom stereocenters. The van der Waals surface area contributed by atoms with Crippen LogP contribution in [0.2, 0.25) is 0 Å². The molecule has 0 aliphatic heterocycles. The average molecular weight is 276 g/mol. The Kier molecular flexibility index (Phi) is 4.37. The molecular weight excluding hydrogens is 256 g/mol. The van der Waals surface area contributed by atoms with E-state index in [1.165, 1.54) is 37.5 Å². The van der Waals surface area contributed by atoms with Crippen LogP contribution in [0.25, 0.3) is 0 Å². The van der Waals surface area contributed by atoms with Crippen LogP contribution < -0.4 is 5.32 Å². The van der Waals surface area contributed by atoms with Gasteiger partial charge in [0.1, 0.15) is 11.4 Å². The van der Waals surface area contributed by atoms with Gasteiger partial charge in [0, 0.05) is 6.54 Å².